The Hall–Kier alpha value is -3.26. The van der Waals surface area contributed by atoms with Crippen LogP contribution < -0.4 is 10.1 Å². The van der Waals surface area contributed by atoms with Gasteiger partial charge in [-0.25, -0.2) is 4.39 Å². The highest BCUT2D eigenvalue weighted by Crippen LogP contribution is 2.34. The van der Waals surface area contributed by atoms with E-state index in [9.17, 15) is 19.1 Å². The van der Waals surface area contributed by atoms with Crippen molar-refractivity contribution in [1.82, 2.24) is 10.2 Å². The predicted octanol–water partition coefficient (Wildman–Crippen LogP) is 5.49. The molecule has 0 spiro atoms. The van der Waals surface area contributed by atoms with Gasteiger partial charge in [0.25, 0.3) is 5.91 Å². The zero-order valence-electron chi connectivity index (χ0n) is 21.8. The molecule has 0 radical (unpaired) electrons. The van der Waals surface area contributed by atoms with Crippen molar-refractivity contribution in [1.29, 1.82) is 0 Å². The van der Waals surface area contributed by atoms with Crippen molar-refractivity contribution in [3.63, 3.8) is 0 Å². The number of aryl methyl sites for hydroxylation is 1. The molecule has 2 atom stereocenters. The van der Waals surface area contributed by atoms with Gasteiger partial charge in [-0.1, -0.05) is 48.0 Å². The monoisotopic (exact) mass is 550 g/mol. The molecule has 0 bridgehead atoms. The molecule has 3 aromatic rings. The quantitative estimate of drug-likeness (QED) is 0.258. The molecule has 1 saturated heterocycles. The SMILES string of the molecule is Cc1cc(F)ccc1-c1ccc(C(=O)C(=O)NC(CN2CCCC2)C(O)c2ccc(OC3CC3)c(Cl)c2)cc1. The van der Waals surface area contributed by atoms with Crippen molar-refractivity contribution in [3.8, 4) is 16.9 Å². The molecule has 2 unspecified atom stereocenters. The van der Waals surface area contributed by atoms with E-state index in [1.54, 1.807) is 48.5 Å². The van der Waals surface area contributed by atoms with E-state index >= 15 is 0 Å². The molecule has 2 N–H and O–H groups in total. The van der Waals surface area contributed by atoms with Crippen LogP contribution >= 0.6 is 11.6 Å². The normalized spacial score (nSPS) is 17.0. The number of rotatable bonds is 10. The second kappa shape index (κ2) is 11.9. The average molecular weight is 551 g/mol. The Morgan fingerprint density at radius 2 is 1.79 bits per heavy atom. The number of aliphatic hydroxyl groups excluding tert-OH is 1. The van der Waals surface area contributed by atoms with Crippen molar-refractivity contribution in [2.75, 3.05) is 19.6 Å². The van der Waals surface area contributed by atoms with Crippen LogP contribution in [0.2, 0.25) is 5.02 Å². The van der Waals surface area contributed by atoms with E-state index in [2.05, 4.69) is 10.2 Å². The molecule has 39 heavy (non-hydrogen) atoms. The first kappa shape index (κ1) is 27.3. The van der Waals surface area contributed by atoms with Crippen LogP contribution in [-0.4, -0.2) is 53.5 Å². The van der Waals surface area contributed by atoms with Crippen molar-refractivity contribution in [3.05, 3.63) is 88.2 Å². The molecular weight excluding hydrogens is 519 g/mol. The largest absolute Gasteiger partial charge is 0.489 e. The summed E-state index contributed by atoms with van der Waals surface area (Å²) in [6.45, 7) is 3.96. The molecular formula is C31H32ClFN2O4. The fraction of sp³-hybridized carbons (Fsp3) is 0.355. The van der Waals surface area contributed by atoms with Gasteiger partial charge >= 0.3 is 0 Å². The molecule has 8 heteroatoms. The van der Waals surface area contributed by atoms with Crippen LogP contribution in [0.4, 0.5) is 4.39 Å². The number of halogens is 2. The standard InChI is InChI=1S/C31H32ClFN2O4/c1-19-16-23(33)9-12-25(19)20-4-6-21(7-5-20)30(37)31(38)34-27(18-35-14-2-3-15-35)29(36)22-8-13-28(26(32)17-22)39-24-10-11-24/h4-9,12-13,16-17,24,27,29,36H,2-3,10-11,14-15,18H2,1H3,(H,34,38). The zero-order chi connectivity index (χ0) is 27.5. The van der Waals surface area contributed by atoms with E-state index in [1.807, 2.05) is 6.92 Å². The number of amides is 1. The number of carbonyl (C=O) groups is 2. The Labute approximate surface area is 232 Å². The highest BCUT2D eigenvalue weighted by Gasteiger charge is 2.30. The average Bonchev–Trinajstić information content (AvgIpc) is 3.60. The Morgan fingerprint density at radius 3 is 2.44 bits per heavy atom. The number of ketones is 1. The summed E-state index contributed by atoms with van der Waals surface area (Å²) in [5, 5.41) is 14.5. The number of benzene rings is 3. The summed E-state index contributed by atoms with van der Waals surface area (Å²) in [5.74, 6) is -1.22. The summed E-state index contributed by atoms with van der Waals surface area (Å²) in [4.78, 5) is 28.3. The number of likely N-dealkylation sites (tertiary alicyclic amines) is 1. The molecule has 3 aromatic carbocycles. The minimum Gasteiger partial charge on any atom is -0.489 e. The van der Waals surface area contributed by atoms with Crippen LogP contribution in [0.3, 0.4) is 0 Å². The van der Waals surface area contributed by atoms with Gasteiger partial charge in [0.05, 0.1) is 17.2 Å². The van der Waals surface area contributed by atoms with Gasteiger partial charge in [-0.3, -0.25) is 9.59 Å². The van der Waals surface area contributed by atoms with E-state index in [1.165, 1.54) is 12.1 Å². The molecule has 2 aliphatic rings. The van der Waals surface area contributed by atoms with E-state index in [4.69, 9.17) is 16.3 Å². The summed E-state index contributed by atoms with van der Waals surface area (Å²) >= 11 is 6.42. The first-order valence-corrected chi connectivity index (χ1v) is 13.7. The molecule has 1 aliphatic heterocycles. The van der Waals surface area contributed by atoms with Gasteiger partial charge in [-0.2, -0.15) is 0 Å². The van der Waals surface area contributed by atoms with E-state index in [0.29, 0.717) is 22.9 Å². The van der Waals surface area contributed by atoms with E-state index in [-0.39, 0.29) is 17.5 Å². The third kappa shape index (κ3) is 6.67. The van der Waals surface area contributed by atoms with Gasteiger partial charge in [0.15, 0.2) is 0 Å². The summed E-state index contributed by atoms with van der Waals surface area (Å²) in [6.07, 6.45) is 3.24. The van der Waals surface area contributed by atoms with Crippen molar-refractivity contribution in [2.45, 2.75) is 50.9 Å². The number of hydrogen-bond donors (Lipinski definition) is 2. The highest BCUT2D eigenvalue weighted by atomic mass is 35.5. The molecule has 1 saturated carbocycles. The topological polar surface area (TPSA) is 78.9 Å². The zero-order valence-corrected chi connectivity index (χ0v) is 22.6. The van der Waals surface area contributed by atoms with Crippen molar-refractivity contribution < 1.29 is 23.8 Å². The van der Waals surface area contributed by atoms with E-state index in [0.717, 1.165) is 55.5 Å². The minimum atomic E-state index is -1.07. The Balaban J connectivity index is 1.30. The Kier molecular flexibility index (Phi) is 8.31. The van der Waals surface area contributed by atoms with Gasteiger partial charge in [-0.15, -0.1) is 0 Å². The van der Waals surface area contributed by atoms with Crippen molar-refractivity contribution in [2.24, 2.45) is 0 Å². The number of nitrogens with zero attached hydrogens (tertiary/aromatic N) is 1. The maximum absolute atomic E-state index is 13.5. The molecule has 2 fully saturated rings. The highest BCUT2D eigenvalue weighted by molar-refractivity contribution is 6.42. The molecule has 0 aromatic heterocycles. The number of Topliss-reactive ketones (excluding diaryl/α,β-unsaturated/α-hetero) is 1. The van der Waals surface area contributed by atoms with Gasteiger partial charge in [0, 0.05) is 12.1 Å². The van der Waals surface area contributed by atoms with Crippen LogP contribution in [0.15, 0.2) is 60.7 Å². The molecule has 5 rings (SSSR count). The van der Waals surface area contributed by atoms with Crippen LogP contribution in [0.5, 0.6) is 5.75 Å². The number of aliphatic hydroxyl groups is 1. The summed E-state index contributed by atoms with van der Waals surface area (Å²) in [5.41, 5.74) is 3.21. The first-order valence-electron chi connectivity index (χ1n) is 13.4. The molecule has 204 valence electrons. The summed E-state index contributed by atoms with van der Waals surface area (Å²) < 4.78 is 19.3. The maximum Gasteiger partial charge on any atom is 0.292 e. The lowest BCUT2D eigenvalue weighted by Gasteiger charge is -2.28. The number of ether oxygens (including phenoxy) is 1. The van der Waals surface area contributed by atoms with E-state index < -0.39 is 23.8 Å². The molecule has 1 aliphatic carbocycles. The number of carbonyl (C=O) groups excluding carboxylic acids is 2. The second-order valence-corrected chi connectivity index (χ2v) is 10.8. The Morgan fingerprint density at radius 1 is 1.08 bits per heavy atom. The lowest BCUT2D eigenvalue weighted by Crippen LogP contribution is -2.48. The first-order chi connectivity index (χ1) is 18.8. The maximum atomic E-state index is 13.5. The lowest BCUT2D eigenvalue weighted by molar-refractivity contribution is -0.118. The number of hydrogen-bond acceptors (Lipinski definition) is 5. The smallest absolute Gasteiger partial charge is 0.292 e. The van der Waals surface area contributed by atoms with Gasteiger partial charge < -0.3 is 20.1 Å². The predicted molar refractivity (Wildman–Crippen MR) is 149 cm³/mol. The van der Waals surface area contributed by atoms with Crippen LogP contribution in [-0.2, 0) is 4.79 Å². The minimum absolute atomic E-state index is 0.195. The van der Waals surface area contributed by atoms with Gasteiger partial charge in [0.2, 0.25) is 5.78 Å². The fourth-order valence-corrected chi connectivity index (χ4v) is 5.21. The van der Waals surface area contributed by atoms with Gasteiger partial charge in [0.1, 0.15) is 17.7 Å². The fourth-order valence-electron chi connectivity index (χ4n) is 4.98. The van der Waals surface area contributed by atoms with Crippen LogP contribution in [0.1, 0.15) is 53.3 Å². The third-order valence-corrected chi connectivity index (χ3v) is 7.61. The molecule has 1 heterocycles. The molecule has 1 amide bonds. The van der Waals surface area contributed by atoms with Crippen molar-refractivity contribution >= 4 is 23.3 Å². The Bertz CT molecular complexity index is 1350. The summed E-state index contributed by atoms with van der Waals surface area (Å²) in [7, 11) is 0. The molecule has 6 nitrogen and oxygen atoms in total. The third-order valence-electron chi connectivity index (χ3n) is 7.32. The second-order valence-electron chi connectivity index (χ2n) is 10.4. The summed E-state index contributed by atoms with van der Waals surface area (Å²) in [6, 6.07) is 15.6. The van der Waals surface area contributed by atoms with Crippen LogP contribution in [0.25, 0.3) is 11.1 Å². The van der Waals surface area contributed by atoms with Crippen LogP contribution in [0, 0.1) is 12.7 Å². The number of nitrogens with one attached hydrogen (secondary N) is 1. The lowest BCUT2D eigenvalue weighted by atomic mass is 9.98. The van der Waals surface area contributed by atoms with Gasteiger partial charge in [-0.05, 0) is 92.2 Å².